The highest BCUT2D eigenvalue weighted by molar-refractivity contribution is 5.78. The molecule has 1 aromatic carbocycles. The summed E-state index contributed by atoms with van der Waals surface area (Å²) in [6.45, 7) is 3.48. The summed E-state index contributed by atoms with van der Waals surface area (Å²) in [6, 6.07) is 7.69. The number of aromatic nitrogens is 2. The molecule has 1 N–H and O–H groups in total. The van der Waals surface area contributed by atoms with E-state index >= 15 is 0 Å². The van der Waals surface area contributed by atoms with E-state index in [9.17, 15) is 4.79 Å². The van der Waals surface area contributed by atoms with Crippen LogP contribution in [0.25, 0.3) is 0 Å². The Morgan fingerprint density at radius 3 is 2.80 bits per heavy atom. The molecule has 0 unspecified atom stereocenters. The van der Waals surface area contributed by atoms with E-state index in [0.29, 0.717) is 24.0 Å². The number of ether oxygens (including phenoxy) is 2. The van der Waals surface area contributed by atoms with Crippen molar-refractivity contribution in [3.63, 3.8) is 0 Å². The van der Waals surface area contributed by atoms with Crippen molar-refractivity contribution < 1.29 is 14.3 Å². The second kappa shape index (κ2) is 7.83. The van der Waals surface area contributed by atoms with Crippen molar-refractivity contribution in [1.82, 2.24) is 15.3 Å². The third-order valence-electron chi connectivity index (χ3n) is 4.08. The predicted molar refractivity (Wildman–Crippen MR) is 94.0 cm³/mol. The van der Waals surface area contributed by atoms with Crippen LogP contribution < -0.4 is 19.7 Å². The molecule has 2 heterocycles. The monoisotopic (exact) mass is 342 g/mol. The molecule has 1 saturated heterocycles. The van der Waals surface area contributed by atoms with Gasteiger partial charge in [0.15, 0.2) is 12.4 Å². The third-order valence-corrected chi connectivity index (χ3v) is 4.08. The van der Waals surface area contributed by atoms with Crippen LogP contribution in [-0.4, -0.2) is 48.7 Å². The number of aryl methyl sites for hydroxylation is 1. The third kappa shape index (κ3) is 4.37. The number of hydrogen-bond acceptors (Lipinski definition) is 6. The van der Waals surface area contributed by atoms with Crippen LogP contribution >= 0.6 is 0 Å². The Labute approximate surface area is 147 Å². The molecule has 1 aliphatic rings. The number of nitrogens with one attached hydrogen (secondary N) is 1. The van der Waals surface area contributed by atoms with Gasteiger partial charge in [-0.25, -0.2) is 9.97 Å². The Bertz CT molecular complexity index is 721. The highest BCUT2D eigenvalue weighted by atomic mass is 16.5. The van der Waals surface area contributed by atoms with Gasteiger partial charge in [-0.15, -0.1) is 0 Å². The first-order chi connectivity index (χ1) is 12.2. The van der Waals surface area contributed by atoms with E-state index in [0.717, 1.165) is 18.5 Å². The Hall–Kier alpha value is -2.83. The minimum Gasteiger partial charge on any atom is -0.484 e. The molecule has 0 aliphatic carbocycles. The molecule has 25 heavy (non-hydrogen) atoms. The quantitative estimate of drug-likeness (QED) is 0.859. The topological polar surface area (TPSA) is 76.6 Å². The van der Waals surface area contributed by atoms with Crippen molar-refractivity contribution >= 4 is 11.7 Å². The van der Waals surface area contributed by atoms with Crippen LogP contribution in [-0.2, 0) is 4.79 Å². The van der Waals surface area contributed by atoms with Crippen molar-refractivity contribution in [2.24, 2.45) is 0 Å². The summed E-state index contributed by atoms with van der Waals surface area (Å²) in [6.07, 6.45) is 4.08. The summed E-state index contributed by atoms with van der Waals surface area (Å²) in [7, 11) is 1.57. The molecule has 0 bridgehead atoms. The SMILES string of the molecule is COc1nccnc1N1CC[C@@H](NC(=O)COc2ccc(C)cc2)C1. The number of rotatable bonds is 6. The number of hydrogen-bond donors (Lipinski definition) is 1. The fourth-order valence-electron chi connectivity index (χ4n) is 2.80. The van der Waals surface area contributed by atoms with Gasteiger partial charge in [-0.3, -0.25) is 4.79 Å². The van der Waals surface area contributed by atoms with Crippen LogP contribution in [0.2, 0.25) is 0 Å². The number of anilines is 1. The number of benzene rings is 1. The summed E-state index contributed by atoms with van der Waals surface area (Å²) >= 11 is 0. The fourth-order valence-corrected chi connectivity index (χ4v) is 2.80. The summed E-state index contributed by atoms with van der Waals surface area (Å²) in [5, 5.41) is 3.00. The number of nitrogens with zero attached hydrogens (tertiary/aromatic N) is 3. The lowest BCUT2D eigenvalue weighted by atomic mass is 10.2. The zero-order chi connectivity index (χ0) is 17.6. The van der Waals surface area contributed by atoms with Gasteiger partial charge in [0.2, 0.25) is 0 Å². The minimum absolute atomic E-state index is 0.00796. The summed E-state index contributed by atoms with van der Waals surface area (Å²) in [5.74, 6) is 1.77. The molecular weight excluding hydrogens is 320 g/mol. The van der Waals surface area contributed by atoms with Gasteiger partial charge in [0.05, 0.1) is 7.11 Å². The van der Waals surface area contributed by atoms with Crippen LogP contribution in [0.5, 0.6) is 11.6 Å². The molecule has 1 atom stereocenters. The molecule has 7 heteroatoms. The van der Waals surface area contributed by atoms with Gasteiger partial charge < -0.3 is 19.7 Å². The first kappa shape index (κ1) is 17.0. The molecule has 2 aromatic rings. The fraction of sp³-hybridized carbons (Fsp3) is 0.389. The molecule has 1 fully saturated rings. The molecule has 1 amide bonds. The Kier molecular flexibility index (Phi) is 5.33. The van der Waals surface area contributed by atoms with Gasteiger partial charge in [-0.2, -0.15) is 0 Å². The van der Waals surface area contributed by atoms with E-state index < -0.39 is 0 Å². The van der Waals surface area contributed by atoms with Crippen LogP contribution in [0.4, 0.5) is 5.82 Å². The van der Waals surface area contributed by atoms with Gasteiger partial charge >= 0.3 is 0 Å². The Morgan fingerprint density at radius 2 is 2.04 bits per heavy atom. The molecule has 132 valence electrons. The van der Waals surface area contributed by atoms with Crippen LogP contribution in [0, 0.1) is 6.92 Å². The maximum absolute atomic E-state index is 12.1. The van der Waals surface area contributed by atoms with E-state index in [-0.39, 0.29) is 18.6 Å². The number of carbonyl (C=O) groups is 1. The van der Waals surface area contributed by atoms with Crippen LogP contribution in [0.15, 0.2) is 36.7 Å². The lowest BCUT2D eigenvalue weighted by Crippen LogP contribution is -2.39. The second-order valence-corrected chi connectivity index (χ2v) is 5.99. The van der Waals surface area contributed by atoms with E-state index in [1.807, 2.05) is 31.2 Å². The van der Waals surface area contributed by atoms with Gasteiger partial charge in [0, 0.05) is 31.5 Å². The van der Waals surface area contributed by atoms with Crippen molar-refractivity contribution in [1.29, 1.82) is 0 Å². The lowest BCUT2D eigenvalue weighted by molar-refractivity contribution is -0.123. The predicted octanol–water partition coefficient (Wildman–Crippen LogP) is 1.57. The zero-order valence-corrected chi connectivity index (χ0v) is 14.4. The van der Waals surface area contributed by atoms with Gasteiger partial charge in [0.1, 0.15) is 5.75 Å². The van der Waals surface area contributed by atoms with Crippen LogP contribution in [0.3, 0.4) is 0 Å². The first-order valence-electron chi connectivity index (χ1n) is 8.24. The molecule has 0 radical (unpaired) electrons. The van der Waals surface area contributed by atoms with E-state index in [1.165, 1.54) is 0 Å². The number of methoxy groups -OCH3 is 1. The molecule has 7 nitrogen and oxygen atoms in total. The van der Waals surface area contributed by atoms with Crippen molar-refractivity contribution in [3.8, 4) is 11.6 Å². The van der Waals surface area contributed by atoms with Gasteiger partial charge in [0.25, 0.3) is 11.8 Å². The first-order valence-corrected chi connectivity index (χ1v) is 8.24. The van der Waals surface area contributed by atoms with Crippen molar-refractivity contribution in [3.05, 3.63) is 42.2 Å². The zero-order valence-electron chi connectivity index (χ0n) is 14.4. The number of carbonyl (C=O) groups excluding carboxylic acids is 1. The van der Waals surface area contributed by atoms with E-state index in [4.69, 9.17) is 9.47 Å². The maximum Gasteiger partial charge on any atom is 0.258 e. The molecule has 0 spiro atoms. The summed E-state index contributed by atoms with van der Waals surface area (Å²) in [5.41, 5.74) is 1.15. The standard InChI is InChI=1S/C18H22N4O3/c1-13-3-5-15(6-4-13)25-12-16(23)21-14-7-10-22(11-14)17-18(24-2)20-9-8-19-17/h3-6,8-9,14H,7,10-12H2,1-2H3,(H,21,23)/t14-/m1/s1. The van der Waals surface area contributed by atoms with Gasteiger partial charge in [-0.1, -0.05) is 17.7 Å². The number of amides is 1. The normalized spacial score (nSPS) is 16.6. The molecule has 1 aliphatic heterocycles. The Morgan fingerprint density at radius 1 is 1.28 bits per heavy atom. The average Bonchev–Trinajstić information content (AvgIpc) is 3.09. The largest absolute Gasteiger partial charge is 0.484 e. The highest BCUT2D eigenvalue weighted by Gasteiger charge is 2.27. The van der Waals surface area contributed by atoms with Crippen LogP contribution in [0.1, 0.15) is 12.0 Å². The molecule has 0 saturated carbocycles. The van der Waals surface area contributed by atoms with Gasteiger partial charge in [-0.05, 0) is 25.5 Å². The average molecular weight is 342 g/mol. The Balaban J connectivity index is 1.49. The summed E-state index contributed by atoms with van der Waals surface area (Å²) < 4.78 is 10.8. The summed E-state index contributed by atoms with van der Waals surface area (Å²) in [4.78, 5) is 22.7. The molecular formula is C18H22N4O3. The van der Waals surface area contributed by atoms with E-state index in [1.54, 1.807) is 19.5 Å². The maximum atomic E-state index is 12.1. The molecule has 1 aromatic heterocycles. The minimum atomic E-state index is -0.126. The smallest absolute Gasteiger partial charge is 0.258 e. The van der Waals surface area contributed by atoms with Crippen molar-refractivity contribution in [2.45, 2.75) is 19.4 Å². The highest BCUT2D eigenvalue weighted by Crippen LogP contribution is 2.25. The lowest BCUT2D eigenvalue weighted by Gasteiger charge is -2.19. The second-order valence-electron chi connectivity index (χ2n) is 5.99. The van der Waals surface area contributed by atoms with Crippen molar-refractivity contribution in [2.75, 3.05) is 31.7 Å². The molecule has 3 rings (SSSR count). The van der Waals surface area contributed by atoms with E-state index in [2.05, 4.69) is 20.2 Å².